The average molecular weight is 325 g/mol. The molecule has 0 amide bonds. The Kier molecular flexibility index (Phi) is 5.16. The molecule has 1 atom stereocenters. The Morgan fingerprint density at radius 2 is 2.23 bits per heavy atom. The molecule has 0 radical (unpaired) electrons. The number of aromatic nitrogens is 2. The predicted octanol–water partition coefficient (Wildman–Crippen LogP) is 2.78. The average Bonchev–Trinajstić information content (AvgIpc) is 3.29. The molecule has 1 aromatic rings. The lowest BCUT2D eigenvalue weighted by atomic mass is 10.2. The van der Waals surface area contributed by atoms with E-state index in [0.29, 0.717) is 17.0 Å². The van der Waals surface area contributed by atoms with Crippen LogP contribution in [0.15, 0.2) is 6.07 Å². The Hall–Kier alpha value is -0.910. The molecule has 0 bridgehead atoms. The molecule has 2 fully saturated rings. The minimum absolute atomic E-state index is 0.200. The van der Waals surface area contributed by atoms with Crippen LogP contribution in [0.5, 0.6) is 0 Å². The smallest absolute Gasteiger partial charge is 0.135 e. The third-order valence-electron chi connectivity index (χ3n) is 4.01. The van der Waals surface area contributed by atoms with E-state index in [4.69, 9.17) is 16.3 Å². The van der Waals surface area contributed by atoms with Crippen molar-refractivity contribution in [2.45, 2.75) is 38.7 Å². The lowest BCUT2D eigenvalue weighted by Crippen LogP contribution is -2.46. The van der Waals surface area contributed by atoms with Crippen LogP contribution < -0.4 is 5.32 Å². The van der Waals surface area contributed by atoms with Crippen LogP contribution in [0.25, 0.3) is 0 Å². The van der Waals surface area contributed by atoms with Crippen molar-refractivity contribution in [3.8, 4) is 0 Å². The van der Waals surface area contributed by atoms with Gasteiger partial charge in [0.15, 0.2) is 0 Å². The standard InChI is InChI=1S/C16H25ClN4O/c1-11(2)9-21-5-6-22-13(10-21)8-18-15-7-14(17)19-16(20-15)12-3-4-12/h7,11-13H,3-6,8-10H2,1-2H3,(H,18,19,20). The summed E-state index contributed by atoms with van der Waals surface area (Å²) in [6.45, 7) is 9.20. The summed E-state index contributed by atoms with van der Waals surface area (Å²) in [7, 11) is 0. The highest BCUT2D eigenvalue weighted by molar-refractivity contribution is 6.29. The Labute approximate surface area is 137 Å². The van der Waals surface area contributed by atoms with Crippen LogP contribution in [0, 0.1) is 5.92 Å². The topological polar surface area (TPSA) is 50.3 Å². The highest BCUT2D eigenvalue weighted by atomic mass is 35.5. The zero-order valence-electron chi connectivity index (χ0n) is 13.4. The first-order valence-corrected chi connectivity index (χ1v) is 8.60. The minimum atomic E-state index is 0.200. The second-order valence-corrected chi connectivity index (χ2v) is 7.12. The summed E-state index contributed by atoms with van der Waals surface area (Å²) in [4.78, 5) is 11.4. The van der Waals surface area contributed by atoms with Gasteiger partial charge in [0.1, 0.15) is 16.8 Å². The van der Waals surface area contributed by atoms with E-state index in [1.54, 1.807) is 6.07 Å². The third kappa shape index (κ3) is 4.54. The summed E-state index contributed by atoms with van der Waals surface area (Å²) >= 11 is 6.09. The van der Waals surface area contributed by atoms with Gasteiger partial charge in [0.25, 0.3) is 0 Å². The van der Waals surface area contributed by atoms with E-state index in [2.05, 4.69) is 34.0 Å². The molecule has 0 spiro atoms. The Morgan fingerprint density at radius 3 is 2.95 bits per heavy atom. The maximum atomic E-state index is 6.09. The van der Waals surface area contributed by atoms with Crippen LogP contribution in [0.2, 0.25) is 5.15 Å². The number of nitrogens with zero attached hydrogens (tertiary/aromatic N) is 3. The van der Waals surface area contributed by atoms with Gasteiger partial charge < -0.3 is 10.1 Å². The van der Waals surface area contributed by atoms with Crippen LogP contribution in [0.3, 0.4) is 0 Å². The van der Waals surface area contributed by atoms with E-state index < -0.39 is 0 Å². The molecule has 0 aromatic carbocycles. The van der Waals surface area contributed by atoms with Crippen molar-refractivity contribution in [1.82, 2.24) is 14.9 Å². The van der Waals surface area contributed by atoms with Gasteiger partial charge in [-0.05, 0) is 18.8 Å². The Balaban J connectivity index is 1.53. The first kappa shape index (κ1) is 16.0. The highest BCUT2D eigenvalue weighted by Gasteiger charge is 2.27. The second kappa shape index (κ2) is 7.11. The van der Waals surface area contributed by atoms with Gasteiger partial charge in [0.05, 0.1) is 12.7 Å². The van der Waals surface area contributed by atoms with Gasteiger partial charge >= 0.3 is 0 Å². The molecule has 22 heavy (non-hydrogen) atoms. The number of morpholine rings is 1. The molecule has 2 aliphatic rings. The lowest BCUT2D eigenvalue weighted by molar-refractivity contribution is -0.0244. The maximum absolute atomic E-state index is 6.09. The molecule has 1 unspecified atom stereocenters. The van der Waals surface area contributed by atoms with Gasteiger partial charge in [-0.15, -0.1) is 0 Å². The SMILES string of the molecule is CC(C)CN1CCOC(CNc2cc(Cl)nc(C3CC3)n2)C1. The fraction of sp³-hybridized carbons (Fsp3) is 0.750. The zero-order valence-corrected chi connectivity index (χ0v) is 14.1. The van der Waals surface area contributed by atoms with Gasteiger partial charge in [0, 0.05) is 38.2 Å². The van der Waals surface area contributed by atoms with Crippen molar-refractivity contribution in [2.75, 3.05) is 38.1 Å². The molecule has 1 aliphatic heterocycles. The summed E-state index contributed by atoms with van der Waals surface area (Å²) in [6.07, 6.45) is 2.55. The number of hydrogen-bond donors (Lipinski definition) is 1. The monoisotopic (exact) mass is 324 g/mol. The lowest BCUT2D eigenvalue weighted by Gasteiger charge is -2.34. The molecule has 5 nitrogen and oxygen atoms in total. The van der Waals surface area contributed by atoms with Crippen LogP contribution in [-0.4, -0.2) is 53.8 Å². The molecule has 1 N–H and O–H groups in total. The van der Waals surface area contributed by atoms with E-state index in [-0.39, 0.29) is 6.10 Å². The van der Waals surface area contributed by atoms with E-state index >= 15 is 0 Å². The van der Waals surface area contributed by atoms with E-state index in [1.165, 1.54) is 12.8 Å². The first-order chi connectivity index (χ1) is 10.6. The fourth-order valence-corrected chi connectivity index (χ4v) is 3.04. The number of hydrogen-bond acceptors (Lipinski definition) is 5. The van der Waals surface area contributed by atoms with Crippen molar-refractivity contribution < 1.29 is 4.74 Å². The van der Waals surface area contributed by atoms with E-state index in [9.17, 15) is 0 Å². The molecule has 2 heterocycles. The molecule has 1 saturated carbocycles. The zero-order chi connectivity index (χ0) is 15.5. The quantitative estimate of drug-likeness (QED) is 0.815. The Morgan fingerprint density at radius 1 is 1.41 bits per heavy atom. The summed E-state index contributed by atoms with van der Waals surface area (Å²) in [5.74, 6) is 2.88. The van der Waals surface area contributed by atoms with Gasteiger partial charge in [-0.25, -0.2) is 9.97 Å². The maximum Gasteiger partial charge on any atom is 0.135 e. The second-order valence-electron chi connectivity index (χ2n) is 6.74. The summed E-state index contributed by atoms with van der Waals surface area (Å²) in [5, 5.41) is 3.88. The normalized spacial score (nSPS) is 23.0. The predicted molar refractivity (Wildman–Crippen MR) is 88.5 cm³/mol. The van der Waals surface area contributed by atoms with Gasteiger partial charge in [-0.1, -0.05) is 25.4 Å². The third-order valence-corrected chi connectivity index (χ3v) is 4.21. The number of halogens is 1. The van der Waals surface area contributed by atoms with Gasteiger partial charge in [-0.2, -0.15) is 0 Å². The largest absolute Gasteiger partial charge is 0.374 e. The van der Waals surface area contributed by atoms with E-state index in [0.717, 1.165) is 44.4 Å². The molecule has 1 saturated heterocycles. The molecular weight excluding hydrogens is 300 g/mol. The van der Waals surface area contributed by atoms with Crippen LogP contribution in [0.1, 0.15) is 38.4 Å². The number of ether oxygens (including phenoxy) is 1. The van der Waals surface area contributed by atoms with Crippen LogP contribution in [-0.2, 0) is 4.74 Å². The summed E-state index contributed by atoms with van der Waals surface area (Å²) in [5.41, 5.74) is 0. The summed E-state index contributed by atoms with van der Waals surface area (Å²) < 4.78 is 5.85. The van der Waals surface area contributed by atoms with Crippen molar-refractivity contribution in [3.63, 3.8) is 0 Å². The highest BCUT2D eigenvalue weighted by Crippen LogP contribution is 2.38. The Bertz CT molecular complexity index is 507. The molecule has 6 heteroatoms. The number of nitrogens with one attached hydrogen (secondary N) is 1. The molecule has 3 rings (SSSR count). The minimum Gasteiger partial charge on any atom is -0.374 e. The van der Waals surface area contributed by atoms with Crippen LogP contribution >= 0.6 is 11.6 Å². The number of rotatable bonds is 6. The first-order valence-electron chi connectivity index (χ1n) is 8.22. The fourth-order valence-electron chi connectivity index (χ4n) is 2.85. The molecule has 122 valence electrons. The number of anilines is 1. The van der Waals surface area contributed by atoms with Crippen molar-refractivity contribution in [1.29, 1.82) is 0 Å². The van der Waals surface area contributed by atoms with Crippen LogP contribution in [0.4, 0.5) is 5.82 Å². The van der Waals surface area contributed by atoms with Gasteiger partial charge in [0.2, 0.25) is 0 Å². The van der Waals surface area contributed by atoms with Crippen molar-refractivity contribution >= 4 is 17.4 Å². The molecule has 1 aliphatic carbocycles. The van der Waals surface area contributed by atoms with Crippen molar-refractivity contribution in [2.24, 2.45) is 5.92 Å². The molecule has 1 aromatic heterocycles. The molecular formula is C16H25ClN4O. The van der Waals surface area contributed by atoms with E-state index in [1.807, 2.05) is 0 Å². The van der Waals surface area contributed by atoms with Crippen molar-refractivity contribution in [3.05, 3.63) is 17.0 Å². The summed E-state index contributed by atoms with van der Waals surface area (Å²) in [6, 6.07) is 1.79. The van der Waals surface area contributed by atoms with Gasteiger partial charge in [-0.3, -0.25) is 4.90 Å².